The number of carbonyl (C=O) groups is 1. The molecule has 6 heteroatoms. The summed E-state index contributed by atoms with van der Waals surface area (Å²) < 4.78 is 5.87. The third kappa shape index (κ3) is 3.54. The van der Waals surface area contributed by atoms with Crippen molar-refractivity contribution >= 4 is 11.6 Å². The van der Waals surface area contributed by atoms with Crippen molar-refractivity contribution in [3.8, 4) is 0 Å². The van der Waals surface area contributed by atoms with Gasteiger partial charge in [0.25, 0.3) is 5.91 Å². The second kappa shape index (κ2) is 6.97. The quantitative estimate of drug-likeness (QED) is 0.864. The van der Waals surface area contributed by atoms with E-state index < -0.39 is 0 Å². The van der Waals surface area contributed by atoms with Crippen LogP contribution in [0.4, 0.5) is 5.69 Å². The molecule has 1 amide bonds. The molecular weight excluding hydrogens is 304 g/mol. The SMILES string of the molecule is Cc1cc(N(C)C)cc(C2CN(C(=O)c3ccccn3)CCO2)n1. The van der Waals surface area contributed by atoms with Gasteiger partial charge in [0.05, 0.1) is 18.8 Å². The highest BCUT2D eigenvalue weighted by molar-refractivity contribution is 5.92. The largest absolute Gasteiger partial charge is 0.378 e. The minimum atomic E-state index is -0.218. The molecule has 1 aliphatic rings. The molecule has 3 heterocycles. The Morgan fingerprint density at radius 3 is 2.88 bits per heavy atom. The lowest BCUT2D eigenvalue weighted by Crippen LogP contribution is -2.42. The number of rotatable bonds is 3. The van der Waals surface area contributed by atoms with Gasteiger partial charge in [-0.05, 0) is 31.2 Å². The maximum Gasteiger partial charge on any atom is 0.272 e. The van der Waals surface area contributed by atoms with Crippen LogP contribution in [0.1, 0.15) is 28.0 Å². The van der Waals surface area contributed by atoms with E-state index in [1.165, 1.54) is 0 Å². The Labute approximate surface area is 142 Å². The van der Waals surface area contributed by atoms with Crippen LogP contribution >= 0.6 is 0 Å². The lowest BCUT2D eigenvalue weighted by atomic mass is 10.1. The summed E-state index contributed by atoms with van der Waals surface area (Å²) >= 11 is 0. The summed E-state index contributed by atoms with van der Waals surface area (Å²) in [6.45, 7) is 3.52. The van der Waals surface area contributed by atoms with E-state index in [9.17, 15) is 4.79 Å². The lowest BCUT2D eigenvalue weighted by Gasteiger charge is -2.33. The second-order valence-corrected chi connectivity index (χ2v) is 6.11. The molecule has 0 radical (unpaired) electrons. The summed E-state index contributed by atoms with van der Waals surface area (Å²) in [4.78, 5) is 25.2. The third-order valence-electron chi connectivity index (χ3n) is 4.04. The van der Waals surface area contributed by atoms with Crippen molar-refractivity contribution in [3.63, 3.8) is 0 Å². The van der Waals surface area contributed by atoms with Gasteiger partial charge in [0.1, 0.15) is 11.8 Å². The number of aromatic nitrogens is 2. The molecule has 0 aromatic carbocycles. The number of aryl methyl sites for hydroxylation is 1. The number of carbonyl (C=O) groups excluding carboxylic acids is 1. The number of morpholine rings is 1. The predicted octanol–water partition coefficient (Wildman–Crippen LogP) is 2.06. The van der Waals surface area contributed by atoms with Gasteiger partial charge >= 0.3 is 0 Å². The maximum atomic E-state index is 12.6. The lowest BCUT2D eigenvalue weighted by molar-refractivity contribution is -0.0249. The molecule has 3 rings (SSSR count). The molecule has 0 aliphatic carbocycles. The molecule has 126 valence electrons. The van der Waals surface area contributed by atoms with Crippen molar-refractivity contribution < 1.29 is 9.53 Å². The zero-order chi connectivity index (χ0) is 17.1. The van der Waals surface area contributed by atoms with Gasteiger partial charge in [-0.1, -0.05) is 6.07 Å². The molecule has 0 saturated carbocycles. The van der Waals surface area contributed by atoms with Gasteiger partial charge in [-0.25, -0.2) is 0 Å². The Kier molecular flexibility index (Phi) is 4.76. The minimum absolute atomic E-state index is 0.0654. The zero-order valence-electron chi connectivity index (χ0n) is 14.3. The van der Waals surface area contributed by atoms with Crippen LogP contribution < -0.4 is 4.90 Å². The molecule has 1 aliphatic heterocycles. The first-order valence-corrected chi connectivity index (χ1v) is 8.02. The monoisotopic (exact) mass is 326 g/mol. The number of pyridine rings is 2. The van der Waals surface area contributed by atoms with Crippen LogP contribution in [-0.2, 0) is 4.74 Å². The molecule has 24 heavy (non-hydrogen) atoms. The first kappa shape index (κ1) is 16.4. The van der Waals surface area contributed by atoms with Gasteiger partial charge in [-0.15, -0.1) is 0 Å². The van der Waals surface area contributed by atoms with E-state index >= 15 is 0 Å². The number of anilines is 1. The molecule has 1 fully saturated rings. The van der Waals surface area contributed by atoms with Crippen LogP contribution in [0.15, 0.2) is 36.5 Å². The fraction of sp³-hybridized carbons (Fsp3) is 0.389. The average molecular weight is 326 g/mol. The van der Waals surface area contributed by atoms with E-state index in [1.807, 2.05) is 44.1 Å². The summed E-state index contributed by atoms with van der Waals surface area (Å²) in [6, 6.07) is 9.42. The van der Waals surface area contributed by atoms with E-state index in [-0.39, 0.29) is 12.0 Å². The van der Waals surface area contributed by atoms with Crippen molar-refractivity contribution in [2.75, 3.05) is 38.7 Å². The van der Waals surface area contributed by atoms with E-state index in [2.05, 4.69) is 9.97 Å². The molecule has 0 bridgehead atoms. The van der Waals surface area contributed by atoms with Crippen molar-refractivity contribution in [1.82, 2.24) is 14.9 Å². The van der Waals surface area contributed by atoms with Gasteiger partial charge in [-0.2, -0.15) is 0 Å². The summed E-state index contributed by atoms with van der Waals surface area (Å²) in [5, 5.41) is 0. The van der Waals surface area contributed by atoms with E-state index in [1.54, 1.807) is 23.2 Å². The molecular formula is C18H22N4O2. The summed E-state index contributed by atoms with van der Waals surface area (Å²) in [5.41, 5.74) is 3.34. The number of hydrogen-bond acceptors (Lipinski definition) is 5. The van der Waals surface area contributed by atoms with Gasteiger partial charge in [-0.3, -0.25) is 14.8 Å². The topological polar surface area (TPSA) is 58.6 Å². The highest BCUT2D eigenvalue weighted by Gasteiger charge is 2.27. The van der Waals surface area contributed by atoms with Crippen LogP contribution in [0.25, 0.3) is 0 Å². The van der Waals surface area contributed by atoms with Gasteiger partial charge < -0.3 is 14.5 Å². The number of ether oxygens (including phenoxy) is 1. The molecule has 2 aromatic heterocycles. The van der Waals surface area contributed by atoms with E-state index in [4.69, 9.17) is 4.74 Å². The van der Waals surface area contributed by atoms with Gasteiger partial charge in [0.15, 0.2) is 0 Å². The standard InChI is InChI=1S/C18H22N4O2/c1-13-10-14(21(2)3)11-16(20-13)17-12-22(8-9-24-17)18(23)15-6-4-5-7-19-15/h4-7,10-11,17H,8-9,12H2,1-3H3. The van der Waals surface area contributed by atoms with Crippen molar-refractivity contribution in [2.24, 2.45) is 0 Å². The van der Waals surface area contributed by atoms with Gasteiger partial charge in [0.2, 0.25) is 0 Å². The molecule has 2 aromatic rings. The number of amides is 1. The van der Waals surface area contributed by atoms with Crippen LogP contribution in [0, 0.1) is 6.92 Å². The van der Waals surface area contributed by atoms with Crippen LogP contribution in [-0.4, -0.2) is 54.6 Å². The van der Waals surface area contributed by atoms with Crippen LogP contribution in [0.2, 0.25) is 0 Å². The highest BCUT2D eigenvalue weighted by atomic mass is 16.5. The second-order valence-electron chi connectivity index (χ2n) is 6.11. The molecule has 6 nitrogen and oxygen atoms in total. The van der Waals surface area contributed by atoms with Crippen molar-refractivity contribution in [2.45, 2.75) is 13.0 Å². The Hall–Kier alpha value is -2.47. The van der Waals surface area contributed by atoms with E-state index in [0.29, 0.717) is 25.4 Å². The predicted molar refractivity (Wildman–Crippen MR) is 92.1 cm³/mol. The Morgan fingerprint density at radius 2 is 2.17 bits per heavy atom. The molecule has 1 unspecified atom stereocenters. The van der Waals surface area contributed by atoms with Crippen LogP contribution in [0.5, 0.6) is 0 Å². The van der Waals surface area contributed by atoms with Crippen molar-refractivity contribution in [1.29, 1.82) is 0 Å². The zero-order valence-corrected chi connectivity index (χ0v) is 14.3. The molecule has 0 N–H and O–H groups in total. The molecule has 0 spiro atoms. The normalized spacial score (nSPS) is 17.6. The molecule has 1 atom stereocenters. The average Bonchev–Trinajstić information content (AvgIpc) is 2.61. The maximum absolute atomic E-state index is 12.6. The third-order valence-corrected chi connectivity index (χ3v) is 4.04. The Morgan fingerprint density at radius 1 is 1.33 bits per heavy atom. The summed E-state index contributed by atoms with van der Waals surface area (Å²) in [6.07, 6.45) is 1.42. The fourth-order valence-corrected chi connectivity index (χ4v) is 2.76. The Balaban J connectivity index is 1.80. The summed E-state index contributed by atoms with van der Waals surface area (Å²) in [7, 11) is 3.99. The Bertz CT molecular complexity index is 718. The first-order chi connectivity index (χ1) is 11.5. The van der Waals surface area contributed by atoms with Crippen LogP contribution in [0.3, 0.4) is 0 Å². The smallest absolute Gasteiger partial charge is 0.272 e. The first-order valence-electron chi connectivity index (χ1n) is 8.02. The van der Waals surface area contributed by atoms with Gasteiger partial charge in [0, 0.05) is 38.2 Å². The van der Waals surface area contributed by atoms with Crippen molar-refractivity contribution in [3.05, 3.63) is 53.6 Å². The fourth-order valence-electron chi connectivity index (χ4n) is 2.76. The number of hydrogen-bond donors (Lipinski definition) is 0. The summed E-state index contributed by atoms with van der Waals surface area (Å²) in [5.74, 6) is -0.0654. The molecule has 1 saturated heterocycles. The highest BCUT2D eigenvalue weighted by Crippen LogP contribution is 2.25. The minimum Gasteiger partial charge on any atom is -0.378 e. The number of nitrogens with zero attached hydrogens (tertiary/aromatic N) is 4. The van der Waals surface area contributed by atoms with E-state index in [0.717, 1.165) is 17.1 Å².